The van der Waals surface area contributed by atoms with Crippen molar-refractivity contribution in [1.29, 1.82) is 0 Å². The Morgan fingerprint density at radius 3 is 2.37 bits per heavy atom. The predicted molar refractivity (Wildman–Crippen MR) is 79.0 cm³/mol. The second-order valence-corrected chi connectivity index (χ2v) is 7.54. The highest BCUT2D eigenvalue weighted by atomic mass is 32.2. The fourth-order valence-corrected chi connectivity index (χ4v) is 2.88. The van der Waals surface area contributed by atoms with Gasteiger partial charge in [-0.15, -0.1) is 0 Å². The first-order chi connectivity index (χ1) is 8.99. The van der Waals surface area contributed by atoms with Crippen LogP contribution in [0, 0.1) is 0 Å². The number of sulfone groups is 1. The van der Waals surface area contributed by atoms with Crippen LogP contribution in [0.4, 0.5) is 5.69 Å². The third-order valence-electron chi connectivity index (χ3n) is 3.41. The summed E-state index contributed by atoms with van der Waals surface area (Å²) < 4.78 is 22.4. The Hall–Kier alpha value is -1.07. The topological polar surface area (TPSA) is 63.4 Å². The van der Waals surface area contributed by atoms with E-state index in [0.29, 0.717) is 19.0 Å². The molecule has 19 heavy (non-hydrogen) atoms. The molecule has 0 spiro atoms. The number of rotatable bonds is 7. The van der Waals surface area contributed by atoms with Crippen molar-refractivity contribution in [3.05, 3.63) is 29.8 Å². The van der Waals surface area contributed by atoms with Crippen LogP contribution < -0.4 is 10.6 Å². The Bertz CT molecular complexity index is 507. The van der Waals surface area contributed by atoms with Gasteiger partial charge in [0.1, 0.15) is 9.84 Å². The summed E-state index contributed by atoms with van der Waals surface area (Å²) in [6.45, 7) is 1.36. The van der Waals surface area contributed by atoms with Crippen LogP contribution in [-0.2, 0) is 16.4 Å². The van der Waals surface area contributed by atoms with Gasteiger partial charge in [0.2, 0.25) is 0 Å². The van der Waals surface area contributed by atoms with Crippen molar-refractivity contribution in [2.75, 3.05) is 23.5 Å². The SMILES string of the molecule is CS(=O)(=O)CCCN(c1ccc(CN)cc1)C1CC1. The zero-order chi connectivity index (χ0) is 13.9. The molecule has 1 aromatic carbocycles. The molecule has 0 bridgehead atoms. The lowest BCUT2D eigenvalue weighted by molar-refractivity contribution is 0.598. The standard InChI is InChI=1S/C14H22N2O2S/c1-19(17,18)10-2-9-16(14-7-8-14)13-5-3-12(11-15)4-6-13/h3-6,14H,2,7-11,15H2,1H3. The number of hydrogen-bond acceptors (Lipinski definition) is 4. The molecule has 0 heterocycles. The van der Waals surface area contributed by atoms with E-state index < -0.39 is 9.84 Å². The highest BCUT2D eigenvalue weighted by Gasteiger charge is 2.28. The van der Waals surface area contributed by atoms with Crippen molar-refractivity contribution in [3.63, 3.8) is 0 Å². The van der Waals surface area contributed by atoms with Gasteiger partial charge in [-0.25, -0.2) is 8.42 Å². The van der Waals surface area contributed by atoms with E-state index in [1.165, 1.54) is 24.8 Å². The molecule has 0 aliphatic heterocycles. The molecule has 0 radical (unpaired) electrons. The molecule has 1 fully saturated rings. The van der Waals surface area contributed by atoms with E-state index in [4.69, 9.17) is 5.73 Å². The molecule has 0 aromatic heterocycles. The lowest BCUT2D eigenvalue weighted by Gasteiger charge is -2.24. The van der Waals surface area contributed by atoms with Crippen LogP contribution in [0.5, 0.6) is 0 Å². The Labute approximate surface area is 115 Å². The van der Waals surface area contributed by atoms with Gasteiger partial charge in [0.05, 0.1) is 5.75 Å². The normalized spacial score (nSPS) is 15.5. The maximum absolute atomic E-state index is 11.2. The number of nitrogens with zero attached hydrogens (tertiary/aromatic N) is 1. The summed E-state index contributed by atoms with van der Waals surface area (Å²) in [6, 6.07) is 8.84. The van der Waals surface area contributed by atoms with Crippen LogP contribution in [0.3, 0.4) is 0 Å². The molecule has 0 amide bonds. The maximum Gasteiger partial charge on any atom is 0.147 e. The van der Waals surface area contributed by atoms with Crippen LogP contribution in [-0.4, -0.2) is 33.0 Å². The van der Waals surface area contributed by atoms with Gasteiger partial charge in [-0.05, 0) is 37.0 Å². The number of anilines is 1. The van der Waals surface area contributed by atoms with Crippen LogP contribution in [0.15, 0.2) is 24.3 Å². The minimum atomic E-state index is -2.86. The molecule has 1 saturated carbocycles. The van der Waals surface area contributed by atoms with Crippen LogP contribution in [0.2, 0.25) is 0 Å². The number of nitrogens with two attached hydrogens (primary N) is 1. The third kappa shape index (κ3) is 4.51. The molecule has 1 aliphatic carbocycles. The Morgan fingerprint density at radius 2 is 1.89 bits per heavy atom. The molecular formula is C14H22N2O2S. The Balaban J connectivity index is 1.99. The van der Waals surface area contributed by atoms with Crippen molar-refractivity contribution < 1.29 is 8.42 Å². The minimum absolute atomic E-state index is 0.261. The molecule has 2 rings (SSSR count). The predicted octanol–water partition coefficient (Wildman–Crippen LogP) is 1.55. The minimum Gasteiger partial charge on any atom is -0.369 e. The summed E-state index contributed by atoms with van der Waals surface area (Å²) in [6.07, 6.45) is 4.40. The van der Waals surface area contributed by atoms with E-state index in [0.717, 1.165) is 12.1 Å². The van der Waals surface area contributed by atoms with Gasteiger partial charge < -0.3 is 10.6 Å². The van der Waals surface area contributed by atoms with E-state index in [-0.39, 0.29) is 5.75 Å². The van der Waals surface area contributed by atoms with E-state index >= 15 is 0 Å². The lowest BCUT2D eigenvalue weighted by Crippen LogP contribution is -2.28. The molecule has 5 heteroatoms. The van der Waals surface area contributed by atoms with E-state index in [1.54, 1.807) is 0 Å². The van der Waals surface area contributed by atoms with Crippen LogP contribution >= 0.6 is 0 Å². The fourth-order valence-electron chi connectivity index (χ4n) is 2.23. The maximum atomic E-state index is 11.2. The number of benzene rings is 1. The lowest BCUT2D eigenvalue weighted by atomic mass is 10.2. The molecule has 2 N–H and O–H groups in total. The first-order valence-electron chi connectivity index (χ1n) is 6.73. The summed E-state index contributed by atoms with van der Waals surface area (Å²) in [4.78, 5) is 2.32. The van der Waals surface area contributed by atoms with Crippen molar-refractivity contribution in [2.45, 2.75) is 31.8 Å². The van der Waals surface area contributed by atoms with Gasteiger partial charge in [-0.3, -0.25) is 0 Å². The second-order valence-electron chi connectivity index (χ2n) is 5.28. The Morgan fingerprint density at radius 1 is 1.26 bits per heavy atom. The second kappa shape index (κ2) is 5.92. The van der Waals surface area contributed by atoms with Crippen molar-refractivity contribution in [3.8, 4) is 0 Å². The average Bonchev–Trinajstić information content (AvgIpc) is 3.18. The quantitative estimate of drug-likeness (QED) is 0.824. The zero-order valence-corrected chi connectivity index (χ0v) is 12.2. The number of hydrogen-bond donors (Lipinski definition) is 1. The third-order valence-corrected chi connectivity index (χ3v) is 4.44. The van der Waals surface area contributed by atoms with E-state index in [9.17, 15) is 8.42 Å². The van der Waals surface area contributed by atoms with Gasteiger partial charge in [0, 0.05) is 31.1 Å². The Kier molecular flexibility index (Phi) is 4.47. The van der Waals surface area contributed by atoms with Gasteiger partial charge in [-0.2, -0.15) is 0 Å². The molecule has 4 nitrogen and oxygen atoms in total. The monoisotopic (exact) mass is 282 g/mol. The highest BCUT2D eigenvalue weighted by Crippen LogP contribution is 2.31. The first kappa shape index (κ1) is 14.3. The molecule has 1 aliphatic rings. The largest absolute Gasteiger partial charge is 0.369 e. The molecule has 106 valence electrons. The molecular weight excluding hydrogens is 260 g/mol. The average molecular weight is 282 g/mol. The van der Waals surface area contributed by atoms with Crippen LogP contribution in [0.1, 0.15) is 24.8 Å². The zero-order valence-electron chi connectivity index (χ0n) is 11.4. The summed E-state index contributed by atoms with van der Waals surface area (Å²) >= 11 is 0. The smallest absolute Gasteiger partial charge is 0.147 e. The molecule has 0 atom stereocenters. The van der Waals surface area contributed by atoms with E-state index in [2.05, 4.69) is 17.0 Å². The summed E-state index contributed by atoms with van der Waals surface area (Å²) in [5, 5.41) is 0. The summed E-state index contributed by atoms with van der Waals surface area (Å²) in [5.74, 6) is 0.261. The van der Waals surface area contributed by atoms with E-state index in [1.807, 2.05) is 12.1 Å². The molecule has 1 aromatic rings. The van der Waals surface area contributed by atoms with Crippen molar-refractivity contribution in [2.24, 2.45) is 5.73 Å². The fraction of sp³-hybridized carbons (Fsp3) is 0.571. The molecule has 0 saturated heterocycles. The highest BCUT2D eigenvalue weighted by molar-refractivity contribution is 7.90. The van der Waals surface area contributed by atoms with Crippen LogP contribution in [0.25, 0.3) is 0 Å². The van der Waals surface area contributed by atoms with Crippen molar-refractivity contribution >= 4 is 15.5 Å². The van der Waals surface area contributed by atoms with Gasteiger partial charge in [0.25, 0.3) is 0 Å². The van der Waals surface area contributed by atoms with Gasteiger partial charge in [-0.1, -0.05) is 12.1 Å². The van der Waals surface area contributed by atoms with Gasteiger partial charge >= 0.3 is 0 Å². The first-order valence-corrected chi connectivity index (χ1v) is 8.79. The van der Waals surface area contributed by atoms with Gasteiger partial charge in [0.15, 0.2) is 0 Å². The van der Waals surface area contributed by atoms with Crippen molar-refractivity contribution in [1.82, 2.24) is 0 Å². The summed E-state index contributed by atoms with van der Waals surface area (Å²) in [7, 11) is -2.86. The summed E-state index contributed by atoms with van der Waals surface area (Å²) in [5.41, 5.74) is 7.89. The molecule has 0 unspecified atom stereocenters.